The van der Waals surface area contributed by atoms with E-state index in [4.69, 9.17) is 5.73 Å². The summed E-state index contributed by atoms with van der Waals surface area (Å²) in [5, 5.41) is 0.819. The maximum absolute atomic E-state index is 11.8. The number of aromatic nitrogens is 5. The van der Waals surface area contributed by atoms with Crippen molar-refractivity contribution in [3.63, 3.8) is 0 Å². The molecule has 0 saturated carbocycles. The van der Waals surface area contributed by atoms with Crippen LogP contribution in [-0.2, 0) is 9.59 Å². The summed E-state index contributed by atoms with van der Waals surface area (Å²) >= 11 is 0. The van der Waals surface area contributed by atoms with E-state index in [1.54, 1.807) is 22.9 Å². The topological polar surface area (TPSA) is 119 Å². The minimum absolute atomic E-state index is 0.0194. The lowest BCUT2D eigenvalue weighted by atomic mass is 10.1. The van der Waals surface area contributed by atoms with E-state index in [1.807, 2.05) is 18.2 Å². The molecule has 4 heterocycles. The van der Waals surface area contributed by atoms with Crippen LogP contribution in [0.25, 0.3) is 27.8 Å². The van der Waals surface area contributed by atoms with Gasteiger partial charge >= 0.3 is 0 Å². The first kappa shape index (κ1) is 16.6. The Morgan fingerprint density at radius 1 is 1.00 bits per heavy atom. The van der Waals surface area contributed by atoms with Crippen molar-refractivity contribution in [1.82, 2.24) is 24.3 Å². The Balaban J connectivity index is 2.03. The van der Waals surface area contributed by atoms with E-state index in [2.05, 4.69) is 19.9 Å². The molecule has 0 atom stereocenters. The molecule has 4 aromatic rings. The number of nitrogens with two attached hydrogens (primary N) is 1. The molecule has 0 aliphatic carbocycles. The molecule has 2 N–H and O–H groups in total. The highest BCUT2D eigenvalue weighted by Crippen LogP contribution is 2.34. The van der Waals surface area contributed by atoms with Gasteiger partial charge in [-0.1, -0.05) is 0 Å². The van der Waals surface area contributed by atoms with Gasteiger partial charge < -0.3 is 5.73 Å². The standard InChI is InChI=1S/C18H15N7O2/c1-10(26)24(11(2)27)18-22-8-5-13(23-18)15-12-4-3-7-20-16(12)25-14(15)6-9-21-17(25)19/h3-9H,1-2H3,(H2,19,21). The van der Waals surface area contributed by atoms with Gasteiger partial charge in [0.2, 0.25) is 23.7 Å². The molecule has 134 valence electrons. The second-order valence-electron chi connectivity index (χ2n) is 5.89. The Bertz CT molecular complexity index is 1200. The number of fused-ring (bicyclic) bond motifs is 3. The van der Waals surface area contributed by atoms with Gasteiger partial charge in [-0.15, -0.1) is 0 Å². The van der Waals surface area contributed by atoms with Crippen LogP contribution >= 0.6 is 0 Å². The van der Waals surface area contributed by atoms with Gasteiger partial charge in [0.15, 0.2) is 0 Å². The Morgan fingerprint density at radius 2 is 1.74 bits per heavy atom. The van der Waals surface area contributed by atoms with Crippen LogP contribution in [-0.4, -0.2) is 36.2 Å². The molecule has 4 aromatic heterocycles. The number of amides is 2. The predicted molar refractivity (Wildman–Crippen MR) is 99.8 cm³/mol. The van der Waals surface area contributed by atoms with Crippen molar-refractivity contribution in [2.24, 2.45) is 0 Å². The van der Waals surface area contributed by atoms with Crippen LogP contribution in [0.5, 0.6) is 0 Å². The number of pyridine rings is 1. The summed E-state index contributed by atoms with van der Waals surface area (Å²) in [6, 6.07) is 7.23. The van der Waals surface area contributed by atoms with E-state index in [0.29, 0.717) is 17.3 Å². The van der Waals surface area contributed by atoms with Gasteiger partial charge in [-0.05, 0) is 24.3 Å². The summed E-state index contributed by atoms with van der Waals surface area (Å²) in [4.78, 5) is 41.7. The van der Waals surface area contributed by atoms with Gasteiger partial charge in [0.1, 0.15) is 5.65 Å². The fourth-order valence-corrected chi connectivity index (χ4v) is 3.13. The van der Waals surface area contributed by atoms with Crippen LogP contribution in [0.3, 0.4) is 0 Å². The Hall–Kier alpha value is -3.88. The van der Waals surface area contributed by atoms with Crippen molar-refractivity contribution in [2.75, 3.05) is 10.6 Å². The van der Waals surface area contributed by atoms with E-state index in [0.717, 1.165) is 21.4 Å². The number of rotatable bonds is 2. The highest BCUT2D eigenvalue weighted by Gasteiger charge is 2.22. The lowest BCUT2D eigenvalue weighted by molar-refractivity contribution is -0.124. The Morgan fingerprint density at radius 3 is 2.48 bits per heavy atom. The molecular weight excluding hydrogens is 346 g/mol. The van der Waals surface area contributed by atoms with Crippen molar-refractivity contribution in [2.45, 2.75) is 13.8 Å². The molecule has 0 bridgehead atoms. The van der Waals surface area contributed by atoms with E-state index >= 15 is 0 Å². The third-order valence-electron chi connectivity index (χ3n) is 4.16. The van der Waals surface area contributed by atoms with Crippen LogP contribution < -0.4 is 10.6 Å². The summed E-state index contributed by atoms with van der Waals surface area (Å²) in [6.45, 7) is 2.58. The molecule has 0 aliphatic rings. The molecule has 4 rings (SSSR count). The molecule has 0 aromatic carbocycles. The van der Waals surface area contributed by atoms with E-state index in [-0.39, 0.29) is 5.95 Å². The monoisotopic (exact) mass is 361 g/mol. The summed E-state index contributed by atoms with van der Waals surface area (Å²) in [5.41, 5.74) is 8.76. The van der Waals surface area contributed by atoms with Crippen molar-refractivity contribution in [3.8, 4) is 11.3 Å². The van der Waals surface area contributed by atoms with Crippen LogP contribution in [0.4, 0.5) is 11.9 Å². The summed E-state index contributed by atoms with van der Waals surface area (Å²) < 4.78 is 1.74. The van der Waals surface area contributed by atoms with E-state index in [1.165, 1.54) is 20.0 Å². The number of anilines is 2. The fraction of sp³-hybridized carbons (Fsp3) is 0.111. The minimum atomic E-state index is -0.457. The smallest absolute Gasteiger partial charge is 0.239 e. The number of carbonyl (C=O) groups excluding carboxylic acids is 2. The van der Waals surface area contributed by atoms with Gasteiger partial charge in [0.05, 0.1) is 11.2 Å². The lowest BCUT2D eigenvalue weighted by Gasteiger charge is -2.15. The molecule has 9 nitrogen and oxygen atoms in total. The number of carbonyl (C=O) groups is 2. The van der Waals surface area contributed by atoms with Crippen LogP contribution in [0.2, 0.25) is 0 Å². The minimum Gasteiger partial charge on any atom is -0.369 e. The molecule has 0 aliphatic heterocycles. The molecule has 2 amide bonds. The molecule has 0 unspecified atom stereocenters. The first-order chi connectivity index (χ1) is 13.0. The van der Waals surface area contributed by atoms with Crippen LogP contribution in [0.1, 0.15) is 13.8 Å². The van der Waals surface area contributed by atoms with E-state index < -0.39 is 11.8 Å². The van der Waals surface area contributed by atoms with Gasteiger partial charge in [-0.3, -0.25) is 14.0 Å². The number of imide groups is 1. The SMILES string of the molecule is CC(=O)N(C(C)=O)c1nccc(-c2c3cccnc3n3c(N)nccc23)n1. The lowest BCUT2D eigenvalue weighted by Crippen LogP contribution is -2.34. The second-order valence-corrected chi connectivity index (χ2v) is 5.89. The maximum atomic E-state index is 11.8. The largest absolute Gasteiger partial charge is 0.369 e. The maximum Gasteiger partial charge on any atom is 0.239 e. The quantitative estimate of drug-likeness (QED) is 0.578. The van der Waals surface area contributed by atoms with Crippen LogP contribution in [0, 0.1) is 0 Å². The predicted octanol–water partition coefficient (Wildman–Crippen LogP) is 1.82. The van der Waals surface area contributed by atoms with Gasteiger partial charge in [-0.25, -0.2) is 24.8 Å². The van der Waals surface area contributed by atoms with Gasteiger partial charge in [0.25, 0.3) is 0 Å². The molecular formula is C18H15N7O2. The zero-order valence-electron chi connectivity index (χ0n) is 14.6. The first-order valence-corrected chi connectivity index (χ1v) is 8.13. The van der Waals surface area contributed by atoms with Crippen molar-refractivity contribution < 1.29 is 9.59 Å². The molecule has 27 heavy (non-hydrogen) atoms. The number of hydrogen-bond donors (Lipinski definition) is 1. The average Bonchev–Trinajstić information content (AvgIpc) is 2.97. The normalized spacial score (nSPS) is 11.0. The number of hydrogen-bond acceptors (Lipinski definition) is 7. The van der Waals surface area contributed by atoms with Crippen molar-refractivity contribution in [1.29, 1.82) is 0 Å². The molecule has 0 fully saturated rings. The summed E-state index contributed by atoms with van der Waals surface area (Å²) in [5.74, 6) is -0.598. The molecule has 9 heteroatoms. The zero-order chi connectivity index (χ0) is 19.1. The van der Waals surface area contributed by atoms with Gasteiger partial charge in [-0.2, -0.15) is 0 Å². The molecule has 0 spiro atoms. The second kappa shape index (κ2) is 6.13. The number of nitrogen functional groups attached to an aromatic ring is 1. The van der Waals surface area contributed by atoms with E-state index in [9.17, 15) is 9.59 Å². The highest BCUT2D eigenvalue weighted by molar-refractivity contribution is 6.12. The third kappa shape index (κ3) is 2.56. The van der Waals surface area contributed by atoms with Crippen molar-refractivity contribution >= 4 is 40.3 Å². The fourth-order valence-electron chi connectivity index (χ4n) is 3.13. The Kier molecular flexibility index (Phi) is 3.76. The molecule has 0 radical (unpaired) electrons. The summed E-state index contributed by atoms with van der Waals surface area (Å²) in [7, 11) is 0. The summed E-state index contributed by atoms with van der Waals surface area (Å²) in [6.07, 6.45) is 4.78. The van der Waals surface area contributed by atoms with Crippen molar-refractivity contribution in [3.05, 3.63) is 42.9 Å². The van der Waals surface area contributed by atoms with Crippen LogP contribution in [0.15, 0.2) is 42.9 Å². The average molecular weight is 361 g/mol. The third-order valence-corrected chi connectivity index (χ3v) is 4.16. The molecule has 0 saturated heterocycles. The number of nitrogens with zero attached hydrogens (tertiary/aromatic N) is 6. The first-order valence-electron chi connectivity index (χ1n) is 8.13. The zero-order valence-corrected chi connectivity index (χ0v) is 14.6. The van der Waals surface area contributed by atoms with Gasteiger partial charge in [0, 0.05) is 43.4 Å². The highest BCUT2D eigenvalue weighted by atomic mass is 16.2. The Labute approximate surface area is 153 Å².